The van der Waals surface area contributed by atoms with Crippen molar-refractivity contribution < 1.29 is 4.74 Å². The van der Waals surface area contributed by atoms with Gasteiger partial charge in [-0.25, -0.2) is 4.98 Å². The number of imidazole rings is 1. The molecule has 2 bridgehead atoms. The van der Waals surface area contributed by atoms with Crippen molar-refractivity contribution in [2.45, 2.75) is 57.3 Å². The lowest BCUT2D eigenvalue weighted by molar-refractivity contribution is 0.289. The van der Waals surface area contributed by atoms with Crippen molar-refractivity contribution >= 4 is 5.82 Å². The second kappa shape index (κ2) is 6.84. The fraction of sp³-hybridized carbons (Fsp3) is 0.417. The molecule has 0 aliphatic carbocycles. The molecule has 2 fully saturated rings. The molecule has 3 aliphatic rings. The molecule has 6 heteroatoms. The monoisotopic (exact) mass is 401 g/mol. The highest BCUT2D eigenvalue weighted by Crippen LogP contribution is 2.39. The number of aryl methyl sites for hydroxylation is 1. The van der Waals surface area contributed by atoms with E-state index in [0.717, 1.165) is 28.6 Å². The summed E-state index contributed by atoms with van der Waals surface area (Å²) in [7, 11) is 2.18. The maximum Gasteiger partial charge on any atom is 0.223 e. The van der Waals surface area contributed by atoms with Gasteiger partial charge in [0.2, 0.25) is 5.88 Å². The van der Waals surface area contributed by atoms with Crippen LogP contribution in [0.15, 0.2) is 42.9 Å². The average molecular weight is 402 g/mol. The molecule has 5 heterocycles. The Morgan fingerprint density at radius 1 is 1.10 bits per heavy atom. The summed E-state index contributed by atoms with van der Waals surface area (Å²) >= 11 is 0. The Kier molecular flexibility index (Phi) is 4.09. The second-order valence-corrected chi connectivity index (χ2v) is 8.95. The number of piperidine rings is 1. The van der Waals surface area contributed by atoms with E-state index in [1.54, 1.807) is 0 Å². The fourth-order valence-electron chi connectivity index (χ4n) is 5.30. The van der Waals surface area contributed by atoms with Crippen molar-refractivity contribution in [1.82, 2.24) is 19.9 Å². The summed E-state index contributed by atoms with van der Waals surface area (Å²) < 4.78 is 8.15. The van der Waals surface area contributed by atoms with Crippen molar-refractivity contribution in [1.29, 1.82) is 0 Å². The summed E-state index contributed by atoms with van der Waals surface area (Å²) in [6.07, 6.45) is 8.92. The number of rotatable bonds is 3. The Labute approximate surface area is 176 Å². The molecule has 0 saturated carbocycles. The van der Waals surface area contributed by atoms with Gasteiger partial charge in [-0.2, -0.15) is 4.98 Å². The van der Waals surface area contributed by atoms with Crippen molar-refractivity contribution in [3.63, 3.8) is 0 Å². The van der Waals surface area contributed by atoms with Crippen LogP contribution in [0.1, 0.15) is 36.9 Å². The lowest BCUT2D eigenvalue weighted by Crippen LogP contribution is -2.47. The van der Waals surface area contributed by atoms with E-state index < -0.39 is 0 Å². The highest BCUT2D eigenvalue weighted by molar-refractivity contribution is 5.75. The van der Waals surface area contributed by atoms with E-state index in [4.69, 9.17) is 9.72 Å². The number of pyridine rings is 1. The van der Waals surface area contributed by atoms with Gasteiger partial charge >= 0.3 is 0 Å². The van der Waals surface area contributed by atoms with Crippen LogP contribution in [0.2, 0.25) is 0 Å². The average Bonchev–Trinajstić information content (AvgIpc) is 3.36. The lowest BCUT2D eigenvalue weighted by atomic mass is 9.97. The summed E-state index contributed by atoms with van der Waals surface area (Å²) in [5.74, 6) is 1.75. The number of nitrogens with zero attached hydrogens (tertiary/aromatic N) is 4. The molecule has 30 heavy (non-hydrogen) atoms. The second-order valence-electron chi connectivity index (χ2n) is 8.95. The summed E-state index contributed by atoms with van der Waals surface area (Å²) in [6, 6.07) is 12.7. The predicted molar refractivity (Wildman–Crippen MR) is 117 cm³/mol. The van der Waals surface area contributed by atoms with E-state index in [0.29, 0.717) is 24.7 Å². The van der Waals surface area contributed by atoms with Gasteiger partial charge in [0.05, 0.1) is 12.0 Å². The third kappa shape index (κ3) is 2.98. The number of benzene rings is 1. The molecule has 2 atom stereocenters. The van der Waals surface area contributed by atoms with Crippen molar-refractivity contribution in [2.75, 3.05) is 11.9 Å². The first kappa shape index (κ1) is 18.0. The van der Waals surface area contributed by atoms with E-state index in [9.17, 15) is 0 Å². The largest absolute Gasteiger partial charge is 0.472 e. The van der Waals surface area contributed by atoms with Crippen LogP contribution in [0.5, 0.6) is 5.88 Å². The third-order valence-corrected chi connectivity index (χ3v) is 6.96. The quantitative estimate of drug-likeness (QED) is 0.722. The highest BCUT2D eigenvalue weighted by Gasteiger charge is 2.35. The molecule has 6 nitrogen and oxygen atoms in total. The van der Waals surface area contributed by atoms with Gasteiger partial charge in [0.25, 0.3) is 0 Å². The van der Waals surface area contributed by atoms with Crippen LogP contribution in [0.3, 0.4) is 0 Å². The Morgan fingerprint density at radius 3 is 2.67 bits per heavy atom. The van der Waals surface area contributed by atoms with Crippen LogP contribution in [0, 0.1) is 6.92 Å². The van der Waals surface area contributed by atoms with Gasteiger partial charge < -0.3 is 19.5 Å². The number of aromatic nitrogens is 3. The molecule has 2 aromatic heterocycles. The van der Waals surface area contributed by atoms with Gasteiger partial charge in [-0.1, -0.05) is 6.07 Å². The molecule has 1 N–H and O–H groups in total. The van der Waals surface area contributed by atoms with Crippen LogP contribution in [0.25, 0.3) is 16.8 Å². The van der Waals surface area contributed by atoms with E-state index in [-0.39, 0.29) is 0 Å². The minimum atomic E-state index is 0.543. The predicted octanol–water partition coefficient (Wildman–Crippen LogP) is 3.85. The standard InChI is InChI=1S/C24H27N5O/c1-15-12-29(14-25-15)19-5-6-21-16(9-19)13-30-24-22(21)7-8-23(27-24)28(2)20-10-17-3-4-18(11-20)26-17/h5-9,12,14,17-18,20,26H,3-4,10-11,13H2,1-2H3. The zero-order chi connectivity index (χ0) is 20.2. The Balaban J connectivity index is 1.28. The SMILES string of the molecule is Cc1cn(-c2ccc3c(c2)COc2nc(N(C)C4CC5CCC(C4)N5)ccc2-3)cn1. The molecule has 154 valence electrons. The smallest absolute Gasteiger partial charge is 0.223 e. The summed E-state index contributed by atoms with van der Waals surface area (Å²) in [5.41, 5.74) is 5.58. The normalized spacial score (nSPS) is 24.1. The number of fused-ring (bicyclic) bond motifs is 5. The van der Waals surface area contributed by atoms with Crippen molar-refractivity contribution in [3.05, 3.63) is 54.1 Å². The summed E-state index contributed by atoms with van der Waals surface area (Å²) in [6.45, 7) is 2.55. The topological polar surface area (TPSA) is 55.2 Å². The Hall–Kier alpha value is -2.86. The molecule has 2 unspecified atom stereocenters. The minimum Gasteiger partial charge on any atom is -0.472 e. The zero-order valence-electron chi connectivity index (χ0n) is 17.5. The fourth-order valence-corrected chi connectivity index (χ4v) is 5.30. The van der Waals surface area contributed by atoms with Gasteiger partial charge in [0.1, 0.15) is 12.4 Å². The zero-order valence-corrected chi connectivity index (χ0v) is 17.5. The highest BCUT2D eigenvalue weighted by atomic mass is 16.5. The van der Waals surface area contributed by atoms with Crippen LogP contribution < -0.4 is 15.0 Å². The van der Waals surface area contributed by atoms with Crippen LogP contribution in [0.4, 0.5) is 5.82 Å². The number of hydrogen-bond donors (Lipinski definition) is 1. The first-order chi connectivity index (χ1) is 14.6. The van der Waals surface area contributed by atoms with E-state index in [1.807, 2.05) is 24.0 Å². The van der Waals surface area contributed by atoms with Gasteiger partial charge in [0, 0.05) is 42.6 Å². The molecular weight excluding hydrogens is 374 g/mol. The molecule has 1 aromatic carbocycles. The van der Waals surface area contributed by atoms with Gasteiger partial charge in [-0.3, -0.25) is 0 Å². The van der Waals surface area contributed by atoms with Gasteiger partial charge in [-0.05, 0) is 68.0 Å². The first-order valence-corrected chi connectivity index (χ1v) is 10.9. The molecule has 0 spiro atoms. The van der Waals surface area contributed by atoms with E-state index >= 15 is 0 Å². The Morgan fingerprint density at radius 2 is 1.90 bits per heavy atom. The molecule has 3 aromatic rings. The first-order valence-electron chi connectivity index (χ1n) is 10.9. The van der Waals surface area contributed by atoms with Crippen LogP contribution in [-0.4, -0.2) is 39.7 Å². The molecule has 2 saturated heterocycles. The van der Waals surface area contributed by atoms with Crippen molar-refractivity contribution in [2.24, 2.45) is 0 Å². The minimum absolute atomic E-state index is 0.543. The molecule has 0 amide bonds. The molecular formula is C24H27N5O. The molecule has 0 radical (unpaired) electrons. The molecule has 3 aliphatic heterocycles. The van der Waals surface area contributed by atoms with E-state index in [2.05, 4.69) is 52.6 Å². The summed E-state index contributed by atoms with van der Waals surface area (Å²) in [5, 5.41) is 3.73. The third-order valence-electron chi connectivity index (χ3n) is 6.96. The maximum atomic E-state index is 6.10. The lowest BCUT2D eigenvalue weighted by Gasteiger charge is -2.36. The van der Waals surface area contributed by atoms with Crippen LogP contribution >= 0.6 is 0 Å². The van der Waals surface area contributed by atoms with E-state index in [1.165, 1.54) is 36.8 Å². The maximum absolute atomic E-state index is 6.10. The number of anilines is 1. The number of hydrogen-bond acceptors (Lipinski definition) is 5. The Bertz CT molecular complexity index is 1090. The molecule has 6 rings (SSSR count). The summed E-state index contributed by atoms with van der Waals surface area (Å²) in [4.78, 5) is 11.6. The number of nitrogens with one attached hydrogen (secondary N) is 1. The van der Waals surface area contributed by atoms with Crippen molar-refractivity contribution in [3.8, 4) is 22.7 Å². The van der Waals surface area contributed by atoms with Gasteiger partial charge in [-0.15, -0.1) is 0 Å². The van der Waals surface area contributed by atoms with Gasteiger partial charge in [0.15, 0.2) is 0 Å². The number of ether oxygens (including phenoxy) is 1. The van der Waals surface area contributed by atoms with Crippen LogP contribution in [-0.2, 0) is 6.61 Å².